The second-order valence-corrected chi connectivity index (χ2v) is 8.43. The molecule has 4 aromatic rings. The first-order valence-electron chi connectivity index (χ1n) is 11.4. The van der Waals surface area contributed by atoms with Crippen molar-refractivity contribution in [3.63, 3.8) is 0 Å². The number of ether oxygens (including phenoxy) is 2. The zero-order chi connectivity index (χ0) is 25.1. The van der Waals surface area contributed by atoms with E-state index in [1.54, 1.807) is 18.2 Å². The monoisotopic (exact) mass is 486 g/mol. The molecule has 182 valence electrons. The lowest BCUT2D eigenvalue weighted by Crippen LogP contribution is -2.30. The number of aromatic nitrogens is 1. The fourth-order valence-electron chi connectivity index (χ4n) is 3.64. The molecule has 5 rings (SSSR count). The number of rotatable bonds is 8. The molecular weight excluding hydrogens is 463 g/mol. The molecule has 0 atom stereocenters. The summed E-state index contributed by atoms with van der Waals surface area (Å²) in [5.74, 6) is -0.455. The molecule has 8 nitrogen and oxygen atoms in total. The van der Waals surface area contributed by atoms with E-state index in [0.29, 0.717) is 22.4 Å². The van der Waals surface area contributed by atoms with Crippen LogP contribution in [0.5, 0.6) is 17.2 Å². The average molecular weight is 487 g/mol. The quantitative estimate of drug-likeness (QED) is 0.319. The van der Waals surface area contributed by atoms with Crippen molar-refractivity contribution in [2.45, 2.75) is 25.5 Å². The minimum absolute atomic E-state index is 0.0382. The van der Waals surface area contributed by atoms with Gasteiger partial charge in [-0.05, 0) is 42.7 Å². The maximum atomic E-state index is 14.6. The Bertz CT molecular complexity index is 1440. The van der Waals surface area contributed by atoms with Crippen LogP contribution in [0.3, 0.4) is 0 Å². The highest BCUT2D eigenvalue weighted by Gasteiger charge is 2.23. The first-order chi connectivity index (χ1) is 17.5. The van der Waals surface area contributed by atoms with Crippen molar-refractivity contribution in [1.29, 1.82) is 0 Å². The number of carbonyl (C=O) groups is 2. The molecule has 1 aliphatic carbocycles. The first-order valence-corrected chi connectivity index (χ1v) is 11.4. The normalized spacial score (nSPS) is 12.7. The smallest absolute Gasteiger partial charge is 0.319 e. The van der Waals surface area contributed by atoms with Gasteiger partial charge in [-0.3, -0.25) is 9.78 Å². The lowest BCUT2D eigenvalue weighted by molar-refractivity contribution is 0.0996. The van der Waals surface area contributed by atoms with Gasteiger partial charge in [-0.1, -0.05) is 30.3 Å². The molecule has 0 bridgehead atoms. The van der Waals surface area contributed by atoms with Gasteiger partial charge in [0.15, 0.2) is 0 Å². The number of hydrogen-bond donors (Lipinski definition) is 3. The molecule has 9 heteroatoms. The number of benzene rings is 3. The van der Waals surface area contributed by atoms with Crippen LogP contribution < -0.4 is 25.8 Å². The van der Waals surface area contributed by atoms with E-state index in [4.69, 9.17) is 15.2 Å². The maximum Gasteiger partial charge on any atom is 0.319 e. The molecule has 36 heavy (non-hydrogen) atoms. The van der Waals surface area contributed by atoms with Gasteiger partial charge in [-0.25, -0.2) is 9.18 Å². The Labute approximate surface area is 206 Å². The summed E-state index contributed by atoms with van der Waals surface area (Å²) < 4.78 is 26.4. The molecule has 1 aromatic heterocycles. The average Bonchev–Trinajstić information content (AvgIpc) is 3.68. The molecule has 0 radical (unpaired) electrons. The Kier molecular flexibility index (Phi) is 6.36. The fraction of sp³-hybridized carbons (Fsp3) is 0.148. The Morgan fingerprint density at radius 3 is 2.56 bits per heavy atom. The van der Waals surface area contributed by atoms with Crippen molar-refractivity contribution in [2.24, 2.45) is 5.73 Å². The molecule has 1 fully saturated rings. The van der Waals surface area contributed by atoms with E-state index in [1.165, 1.54) is 24.4 Å². The molecule has 0 aliphatic heterocycles. The Balaban J connectivity index is 1.38. The third kappa shape index (κ3) is 5.35. The summed E-state index contributed by atoms with van der Waals surface area (Å²) in [5, 5.41) is 5.74. The lowest BCUT2D eigenvalue weighted by Gasteiger charge is -2.14. The van der Waals surface area contributed by atoms with Crippen molar-refractivity contribution < 1.29 is 23.5 Å². The van der Waals surface area contributed by atoms with E-state index in [2.05, 4.69) is 15.6 Å². The number of nitrogens with one attached hydrogen (secondary N) is 2. The van der Waals surface area contributed by atoms with Crippen molar-refractivity contribution in [3.05, 3.63) is 89.9 Å². The van der Waals surface area contributed by atoms with Gasteiger partial charge in [0, 0.05) is 29.8 Å². The first kappa shape index (κ1) is 23.1. The van der Waals surface area contributed by atoms with Crippen LogP contribution in [0.4, 0.5) is 14.9 Å². The predicted molar refractivity (Wildman–Crippen MR) is 133 cm³/mol. The number of amides is 3. The van der Waals surface area contributed by atoms with Crippen LogP contribution in [0.2, 0.25) is 0 Å². The molecule has 0 spiro atoms. The third-order valence-corrected chi connectivity index (χ3v) is 5.63. The number of primary amides is 1. The number of anilines is 1. The molecular formula is C27H23FN4O4. The topological polar surface area (TPSA) is 116 Å². The van der Waals surface area contributed by atoms with Crippen molar-refractivity contribution in [1.82, 2.24) is 10.3 Å². The van der Waals surface area contributed by atoms with Gasteiger partial charge in [-0.15, -0.1) is 0 Å². The predicted octanol–water partition coefficient (Wildman–Crippen LogP) is 5.13. The molecule has 4 N–H and O–H groups in total. The summed E-state index contributed by atoms with van der Waals surface area (Å²) in [5.41, 5.74) is 7.27. The Hall–Kier alpha value is -4.66. The van der Waals surface area contributed by atoms with E-state index in [1.807, 2.05) is 30.3 Å². The Morgan fingerprint density at radius 1 is 1.03 bits per heavy atom. The van der Waals surface area contributed by atoms with Crippen LogP contribution in [0.15, 0.2) is 72.9 Å². The van der Waals surface area contributed by atoms with Crippen LogP contribution in [0, 0.1) is 5.82 Å². The second kappa shape index (κ2) is 9.91. The number of hydrogen-bond acceptors (Lipinski definition) is 5. The number of halogens is 1. The van der Waals surface area contributed by atoms with Gasteiger partial charge in [0.05, 0.1) is 16.8 Å². The standard InChI is InChI=1S/C27H23FN4O4/c28-21-12-18(8-9-22(21)32-27(34)31-17-6-7-17)36-24-10-11-30-23-14-25(20(26(29)33)13-19(23)24)35-15-16-4-2-1-3-5-16/h1-5,8-14,17H,6-7,15H2,(H2,29,33)(H2,31,32,34). The second-order valence-electron chi connectivity index (χ2n) is 8.43. The fourth-order valence-corrected chi connectivity index (χ4v) is 3.64. The minimum Gasteiger partial charge on any atom is -0.488 e. The summed E-state index contributed by atoms with van der Waals surface area (Å²) in [6.45, 7) is 0.251. The van der Waals surface area contributed by atoms with Crippen molar-refractivity contribution in [2.75, 3.05) is 5.32 Å². The summed E-state index contributed by atoms with van der Waals surface area (Å²) in [6, 6.07) is 18.1. The van der Waals surface area contributed by atoms with E-state index in [0.717, 1.165) is 18.4 Å². The van der Waals surface area contributed by atoms with E-state index < -0.39 is 17.8 Å². The highest BCUT2D eigenvalue weighted by molar-refractivity contribution is 6.01. The highest BCUT2D eigenvalue weighted by Crippen LogP contribution is 2.34. The number of nitrogens with two attached hydrogens (primary N) is 1. The number of nitrogens with zero attached hydrogens (tertiary/aromatic N) is 1. The highest BCUT2D eigenvalue weighted by atomic mass is 19.1. The van der Waals surface area contributed by atoms with Gasteiger partial charge in [-0.2, -0.15) is 0 Å². The van der Waals surface area contributed by atoms with Crippen molar-refractivity contribution in [3.8, 4) is 17.2 Å². The van der Waals surface area contributed by atoms with Crippen LogP contribution in [0.25, 0.3) is 10.9 Å². The molecule has 1 saturated carbocycles. The van der Waals surface area contributed by atoms with Gasteiger partial charge in [0.1, 0.15) is 29.7 Å². The largest absolute Gasteiger partial charge is 0.488 e. The molecule has 0 unspecified atom stereocenters. The summed E-state index contributed by atoms with van der Waals surface area (Å²) >= 11 is 0. The van der Waals surface area contributed by atoms with Crippen molar-refractivity contribution >= 4 is 28.5 Å². The van der Waals surface area contributed by atoms with E-state index in [9.17, 15) is 14.0 Å². The summed E-state index contributed by atoms with van der Waals surface area (Å²) in [6.07, 6.45) is 3.40. The summed E-state index contributed by atoms with van der Waals surface area (Å²) in [7, 11) is 0. The number of urea groups is 1. The van der Waals surface area contributed by atoms with Gasteiger partial charge >= 0.3 is 6.03 Å². The van der Waals surface area contributed by atoms with Gasteiger partial charge in [0.2, 0.25) is 0 Å². The number of fused-ring (bicyclic) bond motifs is 1. The van der Waals surface area contributed by atoms with Crippen LogP contribution in [-0.2, 0) is 6.61 Å². The Morgan fingerprint density at radius 2 is 1.83 bits per heavy atom. The molecule has 3 aromatic carbocycles. The third-order valence-electron chi connectivity index (χ3n) is 5.63. The lowest BCUT2D eigenvalue weighted by atomic mass is 10.1. The maximum absolute atomic E-state index is 14.6. The van der Waals surface area contributed by atoms with E-state index in [-0.39, 0.29) is 29.6 Å². The SMILES string of the molecule is NC(=O)c1cc2c(Oc3ccc(NC(=O)NC4CC4)c(F)c3)ccnc2cc1OCc1ccccc1. The molecule has 3 amide bonds. The van der Waals surface area contributed by atoms with Crippen LogP contribution in [0.1, 0.15) is 28.8 Å². The zero-order valence-electron chi connectivity index (χ0n) is 19.2. The van der Waals surface area contributed by atoms with E-state index >= 15 is 0 Å². The molecule has 1 heterocycles. The zero-order valence-corrected chi connectivity index (χ0v) is 19.2. The minimum atomic E-state index is -0.666. The van der Waals surface area contributed by atoms with Crippen LogP contribution >= 0.6 is 0 Å². The summed E-state index contributed by atoms with van der Waals surface area (Å²) in [4.78, 5) is 28.4. The molecule has 0 saturated heterocycles. The van der Waals surface area contributed by atoms with Gasteiger partial charge in [0.25, 0.3) is 5.91 Å². The van der Waals surface area contributed by atoms with Crippen LogP contribution in [-0.4, -0.2) is 23.0 Å². The number of carbonyl (C=O) groups excluding carboxylic acids is 2. The number of pyridine rings is 1. The van der Waals surface area contributed by atoms with Gasteiger partial charge < -0.3 is 25.8 Å². The molecule has 1 aliphatic rings.